The molecule has 0 atom stereocenters. The van der Waals surface area contributed by atoms with Gasteiger partial charge in [0.2, 0.25) is 5.91 Å². The number of hydrogen-bond acceptors (Lipinski definition) is 2. The number of aromatic carboxylic acids is 1. The Hall–Kier alpha value is -1.36. The molecular formula is C13H14BrNO3. The maximum atomic E-state index is 12.0. The summed E-state index contributed by atoms with van der Waals surface area (Å²) in [6.07, 6.45) is 3.45. The van der Waals surface area contributed by atoms with E-state index in [4.69, 9.17) is 5.11 Å². The molecule has 5 heteroatoms. The molecule has 1 amide bonds. The Kier molecular flexibility index (Phi) is 4.01. The molecule has 1 fully saturated rings. The van der Waals surface area contributed by atoms with Crippen molar-refractivity contribution in [3.63, 3.8) is 0 Å². The van der Waals surface area contributed by atoms with Crippen molar-refractivity contribution >= 4 is 33.5 Å². The van der Waals surface area contributed by atoms with Crippen molar-refractivity contribution in [2.75, 3.05) is 11.4 Å². The molecular weight excluding hydrogens is 298 g/mol. The number of benzene rings is 1. The number of carboxylic acids is 1. The van der Waals surface area contributed by atoms with Crippen LogP contribution in [-0.4, -0.2) is 23.5 Å². The maximum Gasteiger partial charge on any atom is 0.335 e. The molecule has 0 aromatic heterocycles. The lowest BCUT2D eigenvalue weighted by Gasteiger charge is -2.21. The molecule has 0 aliphatic carbocycles. The SMILES string of the molecule is O=C(O)c1cc(Br)cc(N2CCCCCC2=O)c1. The van der Waals surface area contributed by atoms with Gasteiger partial charge in [0.05, 0.1) is 5.56 Å². The van der Waals surface area contributed by atoms with Crippen LogP contribution in [-0.2, 0) is 4.79 Å². The van der Waals surface area contributed by atoms with E-state index in [0.717, 1.165) is 19.3 Å². The van der Waals surface area contributed by atoms with Crippen LogP contribution in [0.2, 0.25) is 0 Å². The molecule has 0 unspecified atom stereocenters. The zero-order valence-electron chi connectivity index (χ0n) is 9.86. The lowest BCUT2D eigenvalue weighted by atomic mass is 10.2. The second-order valence-corrected chi connectivity index (χ2v) is 5.27. The first-order chi connectivity index (χ1) is 8.58. The molecule has 0 radical (unpaired) electrons. The maximum absolute atomic E-state index is 12.0. The molecule has 1 aromatic rings. The topological polar surface area (TPSA) is 57.6 Å². The minimum atomic E-state index is -0.986. The fraction of sp³-hybridized carbons (Fsp3) is 0.385. The minimum Gasteiger partial charge on any atom is -0.478 e. The van der Waals surface area contributed by atoms with Gasteiger partial charge in [-0.15, -0.1) is 0 Å². The fourth-order valence-electron chi connectivity index (χ4n) is 2.11. The first-order valence-electron chi connectivity index (χ1n) is 5.92. The molecule has 0 bridgehead atoms. The number of anilines is 1. The van der Waals surface area contributed by atoms with Crippen molar-refractivity contribution in [1.29, 1.82) is 0 Å². The summed E-state index contributed by atoms with van der Waals surface area (Å²) < 4.78 is 0.675. The zero-order valence-corrected chi connectivity index (χ0v) is 11.4. The summed E-state index contributed by atoms with van der Waals surface area (Å²) in [7, 11) is 0. The van der Waals surface area contributed by atoms with Crippen LogP contribution < -0.4 is 4.90 Å². The molecule has 1 aliphatic rings. The van der Waals surface area contributed by atoms with Crippen molar-refractivity contribution in [2.45, 2.75) is 25.7 Å². The average Bonchev–Trinajstić information content (AvgIpc) is 2.53. The Morgan fingerprint density at radius 2 is 2.00 bits per heavy atom. The van der Waals surface area contributed by atoms with Gasteiger partial charge in [0.15, 0.2) is 0 Å². The molecule has 1 saturated heterocycles. The van der Waals surface area contributed by atoms with Gasteiger partial charge in [0, 0.05) is 23.1 Å². The molecule has 18 heavy (non-hydrogen) atoms. The van der Waals surface area contributed by atoms with Crippen molar-refractivity contribution in [2.24, 2.45) is 0 Å². The zero-order chi connectivity index (χ0) is 13.1. The van der Waals surface area contributed by atoms with Gasteiger partial charge in [-0.3, -0.25) is 4.79 Å². The monoisotopic (exact) mass is 311 g/mol. The number of halogens is 1. The Balaban J connectivity index is 2.36. The first-order valence-corrected chi connectivity index (χ1v) is 6.71. The molecule has 0 saturated carbocycles. The smallest absolute Gasteiger partial charge is 0.335 e. The van der Waals surface area contributed by atoms with E-state index in [2.05, 4.69) is 15.9 Å². The molecule has 4 nitrogen and oxygen atoms in total. The quantitative estimate of drug-likeness (QED) is 0.913. The normalized spacial score (nSPS) is 16.5. The van der Waals surface area contributed by atoms with Gasteiger partial charge in [0.25, 0.3) is 0 Å². The summed E-state index contributed by atoms with van der Waals surface area (Å²) in [5.41, 5.74) is 0.852. The highest BCUT2D eigenvalue weighted by atomic mass is 79.9. The van der Waals surface area contributed by atoms with Crippen LogP contribution in [0.3, 0.4) is 0 Å². The Bertz CT molecular complexity index is 487. The van der Waals surface area contributed by atoms with Crippen LogP contribution >= 0.6 is 15.9 Å². The van der Waals surface area contributed by atoms with Crippen molar-refractivity contribution < 1.29 is 14.7 Å². The lowest BCUT2D eigenvalue weighted by molar-refractivity contribution is -0.118. The second-order valence-electron chi connectivity index (χ2n) is 4.36. The molecule has 0 spiro atoms. The highest BCUT2D eigenvalue weighted by molar-refractivity contribution is 9.10. The fourth-order valence-corrected chi connectivity index (χ4v) is 2.59. The van der Waals surface area contributed by atoms with Crippen molar-refractivity contribution in [3.8, 4) is 0 Å². The molecule has 1 aromatic carbocycles. The van der Waals surface area contributed by atoms with E-state index in [0.29, 0.717) is 23.1 Å². The second kappa shape index (κ2) is 5.52. The highest BCUT2D eigenvalue weighted by Gasteiger charge is 2.19. The number of carboxylic acid groups (broad SMARTS) is 1. The standard InChI is InChI=1S/C13H14BrNO3/c14-10-6-9(13(17)18)7-11(8-10)15-5-3-1-2-4-12(15)16/h6-8H,1-5H2,(H,17,18). The predicted molar refractivity (Wildman–Crippen MR) is 71.9 cm³/mol. The number of rotatable bonds is 2. The van der Waals surface area contributed by atoms with E-state index < -0.39 is 5.97 Å². The summed E-state index contributed by atoms with van der Waals surface area (Å²) in [6.45, 7) is 0.661. The minimum absolute atomic E-state index is 0.0712. The predicted octanol–water partition coefficient (Wildman–Crippen LogP) is 3.05. The van der Waals surface area contributed by atoms with Gasteiger partial charge in [-0.2, -0.15) is 0 Å². The summed E-state index contributed by atoms with van der Waals surface area (Å²) in [4.78, 5) is 24.7. The van der Waals surface area contributed by atoms with Gasteiger partial charge in [0.1, 0.15) is 0 Å². The third kappa shape index (κ3) is 2.90. The third-order valence-electron chi connectivity index (χ3n) is 3.01. The van der Waals surface area contributed by atoms with E-state index in [-0.39, 0.29) is 11.5 Å². The molecule has 2 rings (SSSR count). The number of nitrogens with zero attached hydrogens (tertiary/aromatic N) is 1. The van der Waals surface area contributed by atoms with Gasteiger partial charge >= 0.3 is 5.97 Å². The number of carbonyl (C=O) groups excluding carboxylic acids is 1. The van der Waals surface area contributed by atoms with Gasteiger partial charge in [-0.05, 0) is 31.0 Å². The van der Waals surface area contributed by atoms with E-state index in [1.165, 1.54) is 6.07 Å². The van der Waals surface area contributed by atoms with Crippen LogP contribution in [0, 0.1) is 0 Å². The number of amides is 1. The van der Waals surface area contributed by atoms with E-state index in [1.54, 1.807) is 17.0 Å². The van der Waals surface area contributed by atoms with E-state index >= 15 is 0 Å². The van der Waals surface area contributed by atoms with Crippen LogP contribution in [0.5, 0.6) is 0 Å². The first kappa shape index (κ1) is 13.1. The van der Waals surface area contributed by atoms with Gasteiger partial charge in [-0.1, -0.05) is 22.4 Å². The van der Waals surface area contributed by atoms with Gasteiger partial charge < -0.3 is 10.0 Å². The Morgan fingerprint density at radius 1 is 1.22 bits per heavy atom. The van der Waals surface area contributed by atoms with Crippen LogP contribution in [0.1, 0.15) is 36.0 Å². The average molecular weight is 312 g/mol. The molecule has 1 heterocycles. The lowest BCUT2D eigenvalue weighted by Crippen LogP contribution is -2.30. The summed E-state index contributed by atoms with van der Waals surface area (Å²) in [6, 6.07) is 4.88. The summed E-state index contributed by atoms with van der Waals surface area (Å²) in [5, 5.41) is 9.03. The molecule has 1 aliphatic heterocycles. The third-order valence-corrected chi connectivity index (χ3v) is 3.47. The van der Waals surface area contributed by atoms with Gasteiger partial charge in [-0.25, -0.2) is 4.79 Å². The van der Waals surface area contributed by atoms with Crippen LogP contribution in [0.15, 0.2) is 22.7 Å². The van der Waals surface area contributed by atoms with Crippen LogP contribution in [0.25, 0.3) is 0 Å². The van der Waals surface area contributed by atoms with Crippen molar-refractivity contribution in [1.82, 2.24) is 0 Å². The Labute approximate surface area is 114 Å². The number of hydrogen-bond donors (Lipinski definition) is 1. The van der Waals surface area contributed by atoms with Crippen LogP contribution in [0.4, 0.5) is 5.69 Å². The van der Waals surface area contributed by atoms with Crippen molar-refractivity contribution in [3.05, 3.63) is 28.2 Å². The molecule has 1 N–H and O–H groups in total. The number of carbonyl (C=O) groups is 2. The summed E-state index contributed by atoms with van der Waals surface area (Å²) in [5.74, 6) is -0.915. The summed E-state index contributed by atoms with van der Waals surface area (Å²) >= 11 is 3.29. The highest BCUT2D eigenvalue weighted by Crippen LogP contribution is 2.26. The largest absolute Gasteiger partial charge is 0.478 e. The Morgan fingerprint density at radius 3 is 2.72 bits per heavy atom. The van der Waals surface area contributed by atoms with E-state index in [9.17, 15) is 9.59 Å². The van der Waals surface area contributed by atoms with E-state index in [1.807, 2.05) is 0 Å². The molecule has 96 valence electrons.